The maximum Gasteiger partial charge on any atom is 0.164 e. The molecule has 0 aliphatic carbocycles. The molecule has 0 fully saturated rings. The van der Waals surface area contributed by atoms with Gasteiger partial charge < -0.3 is 4.42 Å². The van der Waals surface area contributed by atoms with Crippen LogP contribution in [-0.2, 0) is 0 Å². The van der Waals surface area contributed by atoms with Gasteiger partial charge in [-0.05, 0) is 68.8 Å². The highest BCUT2D eigenvalue weighted by molar-refractivity contribution is 6.06. The van der Waals surface area contributed by atoms with E-state index in [1.165, 1.54) is 0 Å². The van der Waals surface area contributed by atoms with Crippen LogP contribution >= 0.6 is 0 Å². The summed E-state index contributed by atoms with van der Waals surface area (Å²) >= 11 is 0. The molecule has 0 saturated carbocycles. The van der Waals surface area contributed by atoms with Crippen LogP contribution in [0.15, 0.2) is 205 Å². The molecule has 0 unspecified atom stereocenters. The molecule has 10 rings (SSSR count). The molecule has 0 atom stereocenters. The predicted molar refractivity (Wildman–Crippen MR) is 225 cm³/mol. The fraction of sp³-hybridized carbons (Fsp3) is 0. The Bertz CT molecular complexity index is 2870. The average Bonchev–Trinajstić information content (AvgIpc) is 3.65. The molecule has 0 saturated heterocycles. The van der Waals surface area contributed by atoms with Gasteiger partial charge in [0.1, 0.15) is 11.2 Å². The van der Waals surface area contributed by atoms with E-state index in [9.17, 15) is 0 Å². The fourth-order valence-corrected chi connectivity index (χ4v) is 7.44. The van der Waals surface area contributed by atoms with Crippen LogP contribution in [0, 0.1) is 0 Å². The normalized spacial score (nSPS) is 11.3. The lowest BCUT2D eigenvalue weighted by Gasteiger charge is -2.14. The van der Waals surface area contributed by atoms with Gasteiger partial charge in [-0.2, -0.15) is 0 Å². The third-order valence-electron chi connectivity index (χ3n) is 10.2. The summed E-state index contributed by atoms with van der Waals surface area (Å²) in [6.07, 6.45) is 0. The van der Waals surface area contributed by atoms with Gasteiger partial charge in [0.25, 0.3) is 0 Å². The highest BCUT2D eigenvalue weighted by Crippen LogP contribution is 2.37. The molecule has 0 bridgehead atoms. The van der Waals surface area contributed by atoms with E-state index >= 15 is 0 Å². The molecule has 2 aromatic heterocycles. The number of nitrogens with zero attached hydrogens (tertiary/aromatic N) is 3. The summed E-state index contributed by atoms with van der Waals surface area (Å²) in [7, 11) is 0. The molecule has 0 spiro atoms. The van der Waals surface area contributed by atoms with Gasteiger partial charge >= 0.3 is 0 Å². The number of benzene rings is 8. The van der Waals surface area contributed by atoms with E-state index < -0.39 is 0 Å². The quantitative estimate of drug-likeness (QED) is 0.166. The number of aromatic nitrogens is 3. The molecule has 8 aromatic carbocycles. The second-order valence-corrected chi connectivity index (χ2v) is 13.6. The second kappa shape index (κ2) is 13.8. The third kappa shape index (κ3) is 6.16. The average molecular weight is 704 g/mol. The van der Waals surface area contributed by atoms with Crippen LogP contribution in [0.3, 0.4) is 0 Å². The number of rotatable bonds is 7. The summed E-state index contributed by atoms with van der Waals surface area (Å²) in [6.45, 7) is 0. The van der Waals surface area contributed by atoms with E-state index in [0.29, 0.717) is 17.5 Å². The fourth-order valence-electron chi connectivity index (χ4n) is 7.44. The summed E-state index contributed by atoms with van der Waals surface area (Å²) in [5, 5.41) is 2.26. The first-order chi connectivity index (χ1) is 27.2. The molecule has 0 aliphatic rings. The van der Waals surface area contributed by atoms with Gasteiger partial charge in [-0.3, -0.25) is 0 Å². The number of hydrogen-bond donors (Lipinski definition) is 0. The van der Waals surface area contributed by atoms with Crippen LogP contribution in [-0.4, -0.2) is 15.0 Å². The Morgan fingerprint density at radius 2 is 0.691 bits per heavy atom. The van der Waals surface area contributed by atoms with Gasteiger partial charge in [0.05, 0.1) is 0 Å². The molecule has 55 heavy (non-hydrogen) atoms. The van der Waals surface area contributed by atoms with Crippen molar-refractivity contribution in [2.75, 3.05) is 0 Å². The smallest absolute Gasteiger partial charge is 0.164 e. The molecule has 0 aliphatic heterocycles. The molecular formula is C51H33N3O. The number of furan rings is 1. The monoisotopic (exact) mass is 703 g/mol. The van der Waals surface area contributed by atoms with Crippen LogP contribution in [0.2, 0.25) is 0 Å². The Balaban J connectivity index is 1.05. The zero-order valence-electron chi connectivity index (χ0n) is 29.8. The first-order valence-corrected chi connectivity index (χ1v) is 18.4. The molecule has 4 nitrogen and oxygen atoms in total. The van der Waals surface area contributed by atoms with Gasteiger partial charge in [0.2, 0.25) is 0 Å². The van der Waals surface area contributed by atoms with Crippen molar-refractivity contribution in [1.29, 1.82) is 0 Å². The van der Waals surface area contributed by atoms with Gasteiger partial charge in [-0.1, -0.05) is 176 Å². The summed E-state index contributed by atoms with van der Waals surface area (Å²) in [6, 6.07) is 69.3. The van der Waals surface area contributed by atoms with Crippen molar-refractivity contribution in [3.8, 4) is 78.7 Å². The highest BCUT2D eigenvalue weighted by atomic mass is 16.3. The van der Waals surface area contributed by atoms with E-state index in [1.807, 2.05) is 36.4 Å². The second-order valence-electron chi connectivity index (χ2n) is 13.6. The van der Waals surface area contributed by atoms with Gasteiger partial charge in [0.15, 0.2) is 17.5 Å². The van der Waals surface area contributed by atoms with E-state index in [-0.39, 0.29) is 0 Å². The van der Waals surface area contributed by atoms with E-state index in [1.54, 1.807) is 0 Å². The zero-order valence-corrected chi connectivity index (χ0v) is 29.8. The number of fused-ring (bicyclic) bond motifs is 3. The van der Waals surface area contributed by atoms with Crippen molar-refractivity contribution in [3.63, 3.8) is 0 Å². The van der Waals surface area contributed by atoms with E-state index in [4.69, 9.17) is 19.4 Å². The molecular weight excluding hydrogens is 671 g/mol. The standard InChI is InChI=1S/C51H33N3O/c1-3-14-35(15-4-1)41-20-7-9-23-45(41)50-52-49(53-51(54-50)46-24-10-8-21-42(46)36-16-5-2-6-17-36)37-28-26-34(27-29-37)38-18-13-19-39(32-38)40-30-31-44-43-22-11-12-25-47(43)55-48(44)33-40/h1-33H. The first kappa shape index (κ1) is 32.2. The Hall–Kier alpha value is -7.43. The highest BCUT2D eigenvalue weighted by Gasteiger charge is 2.18. The minimum atomic E-state index is 0.616. The predicted octanol–water partition coefficient (Wildman–Crippen LogP) is 13.4. The minimum absolute atomic E-state index is 0.616. The number of para-hydroxylation sites is 1. The summed E-state index contributed by atoms with van der Waals surface area (Å²) in [5.41, 5.74) is 13.4. The lowest BCUT2D eigenvalue weighted by Crippen LogP contribution is -2.02. The van der Waals surface area contributed by atoms with Gasteiger partial charge in [-0.25, -0.2) is 15.0 Å². The molecule has 0 radical (unpaired) electrons. The maximum absolute atomic E-state index is 6.20. The molecule has 10 aromatic rings. The topological polar surface area (TPSA) is 51.8 Å². The summed E-state index contributed by atoms with van der Waals surface area (Å²) < 4.78 is 6.20. The van der Waals surface area contributed by atoms with Gasteiger partial charge in [0, 0.05) is 27.5 Å². The molecule has 258 valence electrons. The number of hydrogen-bond acceptors (Lipinski definition) is 4. The molecule has 4 heteroatoms. The van der Waals surface area contributed by atoms with Crippen LogP contribution in [0.4, 0.5) is 0 Å². The largest absolute Gasteiger partial charge is 0.456 e. The van der Waals surface area contributed by atoms with Crippen LogP contribution < -0.4 is 0 Å². The van der Waals surface area contributed by atoms with Crippen molar-refractivity contribution in [1.82, 2.24) is 15.0 Å². The summed E-state index contributed by atoms with van der Waals surface area (Å²) in [5.74, 6) is 1.87. The molecule has 0 N–H and O–H groups in total. The Morgan fingerprint density at radius 3 is 1.33 bits per heavy atom. The molecule has 2 heterocycles. The maximum atomic E-state index is 6.20. The van der Waals surface area contributed by atoms with Crippen LogP contribution in [0.25, 0.3) is 101 Å². The van der Waals surface area contributed by atoms with Crippen molar-refractivity contribution in [2.24, 2.45) is 0 Å². The van der Waals surface area contributed by atoms with Crippen LogP contribution in [0.5, 0.6) is 0 Å². The first-order valence-electron chi connectivity index (χ1n) is 18.4. The molecule has 0 amide bonds. The lowest BCUT2D eigenvalue weighted by atomic mass is 9.97. The van der Waals surface area contributed by atoms with Crippen molar-refractivity contribution >= 4 is 21.9 Å². The zero-order chi connectivity index (χ0) is 36.6. The summed E-state index contributed by atoms with van der Waals surface area (Å²) in [4.78, 5) is 15.5. The SMILES string of the molecule is c1ccc(-c2ccccc2-c2nc(-c3ccc(-c4cccc(-c5ccc6c(c5)oc5ccccc56)c4)cc3)nc(-c3ccccc3-c3ccccc3)n2)cc1. The van der Waals surface area contributed by atoms with E-state index in [0.717, 1.165) is 83.1 Å². The Kier molecular flexibility index (Phi) is 8.12. The van der Waals surface area contributed by atoms with Crippen molar-refractivity contribution in [3.05, 3.63) is 200 Å². The van der Waals surface area contributed by atoms with Crippen molar-refractivity contribution < 1.29 is 4.42 Å². The van der Waals surface area contributed by atoms with Crippen LogP contribution in [0.1, 0.15) is 0 Å². The lowest BCUT2D eigenvalue weighted by molar-refractivity contribution is 0.669. The van der Waals surface area contributed by atoms with Gasteiger partial charge in [-0.15, -0.1) is 0 Å². The Labute approximate surface area is 319 Å². The van der Waals surface area contributed by atoms with Crippen molar-refractivity contribution in [2.45, 2.75) is 0 Å². The Morgan fingerprint density at radius 1 is 0.255 bits per heavy atom. The third-order valence-corrected chi connectivity index (χ3v) is 10.2. The minimum Gasteiger partial charge on any atom is -0.456 e. The van der Waals surface area contributed by atoms with E-state index in [2.05, 4.69) is 164 Å².